The summed E-state index contributed by atoms with van der Waals surface area (Å²) >= 11 is 0. The van der Waals surface area contributed by atoms with Gasteiger partial charge in [0.15, 0.2) is 6.10 Å². The quantitative estimate of drug-likeness (QED) is 0.372. The minimum absolute atomic E-state index is 0.00296. The van der Waals surface area contributed by atoms with E-state index in [-0.39, 0.29) is 18.2 Å². The van der Waals surface area contributed by atoms with Crippen molar-refractivity contribution in [1.29, 1.82) is 0 Å². The fourth-order valence-corrected chi connectivity index (χ4v) is 4.60. The number of hydrogen-bond donors (Lipinski definition) is 0. The summed E-state index contributed by atoms with van der Waals surface area (Å²) in [4.78, 5) is 15.0. The van der Waals surface area contributed by atoms with Crippen LogP contribution in [-0.2, 0) is 11.2 Å². The lowest BCUT2D eigenvalue weighted by Crippen LogP contribution is -2.40. The van der Waals surface area contributed by atoms with Crippen LogP contribution in [0.4, 0.5) is 4.79 Å². The zero-order valence-corrected chi connectivity index (χ0v) is 17.7. The molecule has 0 saturated carbocycles. The lowest BCUT2D eigenvalue weighted by molar-refractivity contribution is 0.0692. The number of ether oxygens (including phenoxy) is 1. The van der Waals surface area contributed by atoms with Crippen LogP contribution in [0.1, 0.15) is 36.6 Å². The fourth-order valence-electron chi connectivity index (χ4n) is 4.60. The molecule has 1 atom stereocenters. The highest BCUT2D eigenvalue weighted by atomic mass is 16.6. The van der Waals surface area contributed by atoms with Gasteiger partial charge in [-0.05, 0) is 49.1 Å². The first-order valence-electron chi connectivity index (χ1n) is 10.8. The Morgan fingerprint density at radius 1 is 1.00 bits per heavy atom. The highest BCUT2D eigenvalue weighted by molar-refractivity contribution is 5.80. The smallest absolute Gasteiger partial charge is 0.410 e. The average Bonchev–Trinajstić information content (AvgIpc) is 3.37. The Labute approximate surface area is 182 Å². The molecule has 0 spiro atoms. The van der Waals surface area contributed by atoms with Crippen LogP contribution in [0.5, 0.6) is 0 Å². The molecule has 1 heterocycles. The van der Waals surface area contributed by atoms with Crippen molar-refractivity contribution >= 4 is 17.1 Å². The lowest BCUT2D eigenvalue weighted by Gasteiger charge is -2.29. The van der Waals surface area contributed by atoms with Gasteiger partial charge in [-0.25, -0.2) is 4.79 Å². The molecule has 4 aromatic rings. The Hall–Kier alpha value is -3.53. The van der Waals surface area contributed by atoms with Gasteiger partial charge in [0.25, 0.3) is 0 Å². The first kappa shape index (κ1) is 19.4. The second-order valence-corrected chi connectivity index (χ2v) is 8.07. The van der Waals surface area contributed by atoms with Gasteiger partial charge in [-0.3, -0.25) is 0 Å². The predicted octanol–water partition coefficient (Wildman–Crippen LogP) is 6.59. The number of nitrogens with zero attached hydrogens (tertiary/aromatic N) is 1. The van der Waals surface area contributed by atoms with Crippen LogP contribution in [0.3, 0.4) is 0 Å². The summed E-state index contributed by atoms with van der Waals surface area (Å²) in [7, 11) is 0. The Kier molecular flexibility index (Phi) is 4.99. The summed E-state index contributed by atoms with van der Waals surface area (Å²) < 4.78 is 11.6. The molecule has 5 rings (SSSR count). The molecule has 1 aromatic heterocycles. The van der Waals surface area contributed by atoms with Crippen LogP contribution in [-0.4, -0.2) is 23.6 Å². The molecule has 0 fully saturated rings. The van der Waals surface area contributed by atoms with Gasteiger partial charge < -0.3 is 14.1 Å². The van der Waals surface area contributed by atoms with Gasteiger partial charge in [-0.15, -0.1) is 0 Å². The molecule has 1 aliphatic carbocycles. The number of likely N-dealkylation sites (N-methyl/N-ethyl adjacent to an activating group) is 1. The topological polar surface area (TPSA) is 42.7 Å². The fraction of sp³-hybridized carbons (Fsp3) is 0.222. The third-order valence-electron chi connectivity index (χ3n) is 6.15. The molecule has 3 aromatic carbocycles. The molecule has 0 N–H and O–H groups in total. The van der Waals surface area contributed by atoms with Gasteiger partial charge in [0.2, 0.25) is 0 Å². The van der Waals surface area contributed by atoms with Crippen LogP contribution in [0.2, 0.25) is 0 Å². The molecule has 156 valence electrons. The highest BCUT2D eigenvalue weighted by Gasteiger charge is 2.33. The van der Waals surface area contributed by atoms with E-state index in [4.69, 9.17) is 9.15 Å². The van der Waals surface area contributed by atoms with Crippen molar-refractivity contribution in [2.45, 2.75) is 32.4 Å². The summed E-state index contributed by atoms with van der Waals surface area (Å²) in [5.74, 6) is 0. The number of hydrogen-bond acceptors (Lipinski definition) is 3. The summed E-state index contributed by atoms with van der Waals surface area (Å²) in [5.41, 5.74) is 6.37. The largest absolute Gasteiger partial charge is 0.464 e. The van der Waals surface area contributed by atoms with E-state index in [0.717, 1.165) is 45.2 Å². The van der Waals surface area contributed by atoms with Gasteiger partial charge >= 0.3 is 6.09 Å². The summed E-state index contributed by atoms with van der Waals surface area (Å²) in [6.07, 6.45) is 1.77. The highest BCUT2D eigenvalue weighted by Crippen LogP contribution is 2.45. The van der Waals surface area contributed by atoms with E-state index in [9.17, 15) is 4.79 Å². The van der Waals surface area contributed by atoms with Crippen molar-refractivity contribution < 1.29 is 13.9 Å². The average molecular weight is 412 g/mol. The number of fused-ring (bicyclic) bond motifs is 4. The molecule has 1 amide bonds. The van der Waals surface area contributed by atoms with Crippen LogP contribution in [0.15, 0.2) is 83.5 Å². The van der Waals surface area contributed by atoms with E-state index < -0.39 is 0 Å². The van der Waals surface area contributed by atoms with Gasteiger partial charge in [0, 0.05) is 29.1 Å². The summed E-state index contributed by atoms with van der Waals surface area (Å²) in [5, 5.41) is 1.08. The summed E-state index contributed by atoms with van der Waals surface area (Å²) in [6, 6.07) is 24.5. The van der Waals surface area contributed by atoms with Crippen molar-refractivity contribution in [2.75, 3.05) is 6.54 Å². The number of carbonyl (C=O) groups excluding carboxylic acids is 1. The summed E-state index contributed by atoms with van der Waals surface area (Å²) in [6.45, 7) is 4.64. The normalized spacial score (nSPS) is 13.6. The number of carbonyl (C=O) groups is 1. The van der Waals surface area contributed by atoms with Crippen molar-refractivity contribution in [1.82, 2.24) is 4.90 Å². The first-order chi connectivity index (χ1) is 15.2. The maximum absolute atomic E-state index is 13.2. The van der Waals surface area contributed by atoms with E-state index in [1.54, 1.807) is 11.2 Å². The number of furan rings is 1. The predicted molar refractivity (Wildman–Crippen MR) is 122 cm³/mol. The molecule has 31 heavy (non-hydrogen) atoms. The standard InChI is InChI=1S/C27H25NO3/c1-3-28(18(2)16-19-12-13-20-14-15-30-25(20)17-19)27(29)31-26-23-10-6-4-8-21(23)22-9-5-7-11-24(22)26/h4-15,17-18,26H,3,16H2,1-2H3. The van der Waals surface area contributed by atoms with Crippen molar-refractivity contribution in [2.24, 2.45) is 0 Å². The second kappa shape index (κ2) is 7.95. The van der Waals surface area contributed by atoms with Crippen molar-refractivity contribution in [3.63, 3.8) is 0 Å². The van der Waals surface area contributed by atoms with Crippen LogP contribution < -0.4 is 0 Å². The molecule has 0 aliphatic heterocycles. The molecule has 1 aliphatic rings. The van der Waals surface area contributed by atoms with Crippen LogP contribution in [0, 0.1) is 0 Å². The number of rotatable bonds is 5. The third-order valence-corrected chi connectivity index (χ3v) is 6.15. The van der Waals surface area contributed by atoms with Gasteiger partial charge in [-0.1, -0.05) is 60.7 Å². The number of benzene rings is 3. The van der Waals surface area contributed by atoms with E-state index in [1.165, 1.54) is 0 Å². The van der Waals surface area contributed by atoms with E-state index in [1.807, 2.05) is 49.4 Å². The molecule has 4 heteroatoms. The van der Waals surface area contributed by atoms with E-state index in [0.29, 0.717) is 6.54 Å². The Bertz CT molecular complexity index is 1200. The zero-order chi connectivity index (χ0) is 21.4. The SMILES string of the molecule is CCN(C(=O)OC1c2ccccc2-c2ccccc21)C(C)Cc1ccc2ccoc2c1. The first-order valence-corrected chi connectivity index (χ1v) is 10.8. The minimum atomic E-state index is -0.374. The van der Waals surface area contributed by atoms with Crippen molar-refractivity contribution in [3.8, 4) is 11.1 Å². The zero-order valence-electron chi connectivity index (χ0n) is 17.7. The Morgan fingerprint density at radius 2 is 1.68 bits per heavy atom. The maximum atomic E-state index is 13.2. The van der Waals surface area contributed by atoms with Crippen LogP contribution >= 0.6 is 0 Å². The molecular formula is C27H25NO3. The molecule has 0 bridgehead atoms. The maximum Gasteiger partial charge on any atom is 0.410 e. The van der Waals surface area contributed by atoms with Crippen molar-refractivity contribution in [3.05, 3.63) is 95.7 Å². The molecular weight excluding hydrogens is 386 g/mol. The van der Waals surface area contributed by atoms with Gasteiger partial charge in [-0.2, -0.15) is 0 Å². The van der Waals surface area contributed by atoms with Gasteiger partial charge in [0.1, 0.15) is 5.58 Å². The molecule has 4 nitrogen and oxygen atoms in total. The third kappa shape index (κ3) is 3.48. The second-order valence-electron chi connectivity index (χ2n) is 8.07. The molecule has 0 radical (unpaired) electrons. The number of amides is 1. The molecule has 1 unspecified atom stereocenters. The lowest BCUT2D eigenvalue weighted by atomic mass is 10.0. The van der Waals surface area contributed by atoms with Gasteiger partial charge in [0.05, 0.1) is 6.26 Å². The monoisotopic (exact) mass is 411 g/mol. The molecule has 0 saturated heterocycles. The Balaban J connectivity index is 1.36. The van der Waals surface area contributed by atoms with E-state index in [2.05, 4.69) is 37.3 Å². The van der Waals surface area contributed by atoms with Crippen LogP contribution in [0.25, 0.3) is 22.1 Å². The Morgan fingerprint density at radius 3 is 2.35 bits per heavy atom. The van der Waals surface area contributed by atoms with E-state index >= 15 is 0 Å². The minimum Gasteiger partial charge on any atom is -0.464 e.